The molecule has 0 radical (unpaired) electrons. The van der Waals surface area contributed by atoms with Crippen molar-refractivity contribution in [3.8, 4) is 0 Å². The summed E-state index contributed by atoms with van der Waals surface area (Å²) in [6.07, 6.45) is 1.17. The van der Waals surface area contributed by atoms with E-state index in [1.165, 1.54) is 22.0 Å². The Labute approximate surface area is 103 Å². The highest BCUT2D eigenvalue weighted by Gasteiger charge is 2.18. The lowest BCUT2D eigenvalue weighted by atomic mass is 10.0. The quantitative estimate of drug-likeness (QED) is 0.845. The zero-order chi connectivity index (χ0) is 12.3. The van der Waals surface area contributed by atoms with E-state index in [1.807, 2.05) is 0 Å². The molecule has 0 aromatic carbocycles. The van der Waals surface area contributed by atoms with Crippen molar-refractivity contribution in [3.63, 3.8) is 0 Å². The molecule has 0 aliphatic carbocycles. The number of hydrogen-bond acceptors (Lipinski definition) is 3. The van der Waals surface area contributed by atoms with E-state index in [1.54, 1.807) is 11.3 Å². The number of nitrogens with one attached hydrogen (secondary N) is 1. The van der Waals surface area contributed by atoms with E-state index in [2.05, 4.69) is 51.8 Å². The van der Waals surface area contributed by atoms with Gasteiger partial charge in [-0.3, -0.25) is 0 Å². The van der Waals surface area contributed by atoms with Crippen LogP contribution in [0.5, 0.6) is 0 Å². The summed E-state index contributed by atoms with van der Waals surface area (Å²) in [5.74, 6) is 0.674. The molecule has 2 atom stereocenters. The van der Waals surface area contributed by atoms with E-state index >= 15 is 0 Å². The summed E-state index contributed by atoms with van der Waals surface area (Å²) in [4.78, 5) is 5.96. The molecule has 0 aliphatic rings. The molecule has 1 aromatic rings. The van der Waals surface area contributed by atoms with E-state index in [0.29, 0.717) is 18.0 Å². The van der Waals surface area contributed by atoms with Crippen molar-refractivity contribution in [2.24, 2.45) is 5.92 Å². The molecule has 2 unspecified atom stereocenters. The molecule has 2 nitrogen and oxygen atoms in total. The number of aromatic nitrogens is 1. The largest absolute Gasteiger partial charge is 0.306 e. The smallest absolute Gasteiger partial charge is 0.0900 e. The maximum atomic E-state index is 4.61. The van der Waals surface area contributed by atoms with E-state index in [0.717, 1.165) is 0 Å². The molecule has 0 saturated heterocycles. The highest BCUT2D eigenvalue weighted by Crippen LogP contribution is 2.23. The van der Waals surface area contributed by atoms with Gasteiger partial charge in [0.05, 0.1) is 10.7 Å². The molecule has 1 N–H and O–H groups in total. The van der Waals surface area contributed by atoms with Gasteiger partial charge >= 0.3 is 0 Å². The minimum absolute atomic E-state index is 0.359. The van der Waals surface area contributed by atoms with Gasteiger partial charge in [-0.1, -0.05) is 20.8 Å². The van der Waals surface area contributed by atoms with Gasteiger partial charge in [0, 0.05) is 17.0 Å². The molecule has 1 aromatic heterocycles. The Hall–Kier alpha value is -0.410. The molecule has 0 amide bonds. The number of nitrogens with zero attached hydrogens (tertiary/aromatic N) is 1. The van der Waals surface area contributed by atoms with Crippen LogP contribution < -0.4 is 5.32 Å². The molecule has 0 bridgehead atoms. The maximum Gasteiger partial charge on any atom is 0.0900 e. The highest BCUT2D eigenvalue weighted by molar-refractivity contribution is 7.11. The highest BCUT2D eigenvalue weighted by atomic mass is 32.1. The fraction of sp³-hybridized carbons (Fsp3) is 0.769. The van der Waals surface area contributed by atoms with Gasteiger partial charge in [0.1, 0.15) is 0 Å². The van der Waals surface area contributed by atoms with Crippen LogP contribution in [0.15, 0.2) is 0 Å². The van der Waals surface area contributed by atoms with Crippen molar-refractivity contribution in [3.05, 3.63) is 15.6 Å². The van der Waals surface area contributed by atoms with Gasteiger partial charge < -0.3 is 5.32 Å². The Morgan fingerprint density at radius 3 is 2.25 bits per heavy atom. The van der Waals surface area contributed by atoms with Crippen molar-refractivity contribution in [1.29, 1.82) is 0 Å². The Morgan fingerprint density at radius 2 is 1.88 bits per heavy atom. The second-order valence-electron chi connectivity index (χ2n) is 4.82. The lowest BCUT2D eigenvalue weighted by Gasteiger charge is -2.25. The van der Waals surface area contributed by atoms with Crippen LogP contribution in [0.2, 0.25) is 0 Å². The van der Waals surface area contributed by atoms with E-state index in [4.69, 9.17) is 0 Å². The van der Waals surface area contributed by atoms with Gasteiger partial charge in [-0.25, -0.2) is 4.98 Å². The van der Waals surface area contributed by atoms with Crippen LogP contribution in [-0.2, 0) is 0 Å². The zero-order valence-corrected chi connectivity index (χ0v) is 12.1. The first-order valence-electron chi connectivity index (χ1n) is 6.15. The monoisotopic (exact) mass is 240 g/mol. The molecule has 16 heavy (non-hydrogen) atoms. The molecule has 0 fully saturated rings. The lowest BCUT2D eigenvalue weighted by molar-refractivity contribution is 0.353. The van der Waals surface area contributed by atoms with Crippen LogP contribution in [-0.4, -0.2) is 11.0 Å². The van der Waals surface area contributed by atoms with Crippen molar-refractivity contribution in [2.45, 2.75) is 60.0 Å². The van der Waals surface area contributed by atoms with Crippen LogP contribution in [0.3, 0.4) is 0 Å². The second kappa shape index (κ2) is 5.78. The van der Waals surface area contributed by atoms with Gasteiger partial charge in [0.15, 0.2) is 0 Å². The van der Waals surface area contributed by atoms with Gasteiger partial charge in [-0.15, -0.1) is 11.3 Å². The van der Waals surface area contributed by atoms with E-state index < -0.39 is 0 Å². The Morgan fingerprint density at radius 1 is 1.25 bits per heavy atom. The minimum Gasteiger partial charge on any atom is -0.306 e. The minimum atomic E-state index is 0.359. The standard InChI is InChI=1S/C13H24N2S/c1-7-12(8(2)3)14-9(4)13-10(5)16-11(6)15-13/h8-9,12,14H,7H2,1-6H3. The summed E-state index contributed by atoms with van der Waals surface area (Å²) in [7, 11) is 0. The second-order valence-corrected chi connectivity index (χ2v) is 6.23. The fourth-order valence-electron chi connectivity index (χ4n) is 2.13. The summed E-state index contributed by atoms with van der Waals surface area (Å²) in [5, 5.41) is 4.85. The van der Waals surface area contributed by atoms with E-state index in [9.17, 15) is 0 Å². The van der Waals surface area contributed by atoms with Crippen LogP contribution >= 0.6 is 11.3 Å². The number of aryl methyl sites for hydroxylation is 2. The topological polar surface area (TPSA) is 24.9 Å². The third kappa shape index (κ3) is 3.29. The van der Waals surface area contributed by atoms with Gasteiger partial charge in [0.25, 0.3) is 0 Å². The number of rotatable bonds is 5. The third-order valence-corrected chi connectivity index (χ3v) is 3.96. The van der Waals surface area contributed by atoms with Gasteiger partial charge in [-0.2, -0.15) is 0 Å². The zero-order valence-electron chi connectivity index (χ0n) is 11.3. The molecule has 1 rings (SSSR count). The molecule has 1 heterocycles. The van der Waals surface area contributed by atoms with Gasteiger partial charge in [0.2, 0.25) is 0 Å². The summed E-state index contributed by atoms with van der Waals surface area (Å²) in [5.41, 5.74) is 1.22. The molecular formula is C13H24N2S. The maximum absolute atomic E-state index is 4.61. The van der Waals surface area contributed by atoms with Crippen LogP contribution in [0.4, 0.5) is 0 Å². The normalized spacial score (nSPS) is 15.4. The van der Waals surface area contributed by atoms with Crippen molar-refractivity contribution >= 4 is 11.3 Å². The summed E-state index contributed by atoms with van der Waals surface area (Å²) >= 11 is 1.79. The van der Waals surface area contributed by atoms with Crippen molar-refractivity contribution in [1.82, 2.24) is 10.3 Å². The predicted octanol–water partition coefficient (Wildman–Crippen LogP) is 3.85. The molecule has 0 spiro atoms. The first kappa shape index (κ1) is 13.7. The predicted molar refractivity (Wildman–Crippen MR) is 72.1 cm³/mol. The lowest BCUT2D eigenvalue weighted by Crippen LogP contribution is -2.35. The van der Waals surface area contributed by atoms with Crippen molar-refractivity contribution < 1.29 is 0 Å². The SMILES string of the molecule is CCC(NC(C)c1nc(C)sc1C)C(C)C. The molecular weight excluding hydrogens is 216 g/mol. The van der Waals surface area contributed by atoms with Gasteiger partial charge in [-0.05, 0) is 33.1 Å². The Kier molecular flexibility index (Phi) is 4.93. The summed E-state index contributed by atoms with van der Waals surface area (Å²) < 4.78 is 0. The van der Waals surface area contributed by atoms with Crippen LogP contribution in [0.25, 0.3) is 0 Å². The Balaban J connectivity index is 2.71. The van der Waals surface area contributed by atoms with E-state index in [-0.39, 0.29) is 0 Å². The summed E-state index contributed by atoms with van der Waals surface area (Å²) in [6.45, 7) is 13.2. The molecule has 92 valence electrons. The number of hydrogen-bond donors (Lipinski definition) is 1. The summed E-state index contributed by atoms with van der Waals surface area (Å²) in [6, 6.07) is 0.939. The van der Waals surface area contributed by atoms with Crippen molar-refractivity contribution in [2.75, 3.05) is 0 Å². The molecule has 0 saturated carbocycles. The van der Waals surface area contributed by atoms with Crippen LogP contribution in [0.1, 0.15) is 55.7 Å². The molecule has 3 heteroatoms. The van der Waals surface area contributed by atoms with Crippen LogP contribution in [0, 0.1) is 19.8 Å². The average molecular weight is 240 g/mol. The number of thiazole rings is 1. The fourth-order valence-corrected chi connectivity index (χ4v) is 3.04. The first-order valence-corrected chi connectivity index (χ1v) is 6.97. The Bertz CT molecular complexity index is 331. The first-order chi connectivity index (χ1) is 7.45. The third-order valence-electron chi connectivity index (χ3n) is 3.06. The molecule has 0 aliphatic heterocycles. The average Bonchev–Trinajstić information content (AvgIpc) is 2.53.